The molecule has 150 valence electrons. The highest BCUT2D eigenvalue weighted by atomic mass is 16.2. The molecule has 2 aromatic heterocycles. The molecule has 1 aliphatic heterocycles. The van der Waals surface area contributed by atoms with Gasteiger partial charge in [-0.25, -0.2) is 9.67 Å². The minimum absolute atomic E-state index is 0.0124. The van der Waals surface area contributed by atoms with Gasteiger partial charge in [0.15, 0.2) is 16.9 Å². The maximum atomic E-state index is 12.5. The summed E-state index contributed by atoms with van der Waals surface area (Å²) in [6.07, 6.45) is 1.82. The van der Waals surface area contributed by atoms with E-state index < -0.39 is 0 Å². The van der Waals surface area contributed by atoms with Crippen LogP contribution in [0.4, 0.5) is 0 Å². The summed E-state index contributed by atoms with van der Waals surface area (Å²) in [4.78, 5) is 45.5. The summed E-state index contributed by atoms with van der Waals surface area (Å²) in [6, 6.07) is 9.06. The van der Waals surface area contributed by atoms with E-state index in [2.05, 4.69) is 20.3 Å². The number of carbonyl (C=O) groups excluding carboxylic acids is 2. The number of aryl methyl sites for hydroxylation is 1. The van der Waals surface area contributed by atoms with Gasteiger partial charge in [0.1, 0.15) is 5.82 Å². The molecule has 3 aromatic rings. The molecule has 9 heteroatoms. The standard InChI is InChI=1S/C20H22N6O3/c1-13-21-19-18(20(29)22-13)23-24-26(19)15-9-11-25(12-10-15)17(28)8-7-16(27)14-5-3-2-4-6-14/h2-6,15H,7-12H2,1H3,(H,21,22,29). The van der Waals surface area contributed by atoms with Crippen LogP contribution in [0.5, 0.6) is 0 Å². The summed E-state index contributed by atoms with van der Waals surface area (Å²) in [5.74, 6) is 0.484. The van der Waals surface area contributed by atoms with E-state index in [1.807, 2.05) is 18.2 Å². The number of benzene rings is 1. The van der Waals surface area contributed by atoms with E-state index >= 15 is 0 Å². The van der Waals surface area contributed by atoms with Crippen molar-refractivity contribution >= 4 is 22.9 Å². The molecular formula is C20H22N6O3. The number of piperidine rings is 1. The number of H-pyrrole nitrogens is 1. The molecule has 0 radical (unpaired) electrons. The Morgan fingerprint density at radius 3 is 2.59 bits per heavy atom. The van der Waals surface area contributed by atoms with Crippen molar-refractivity contribution in [2.75, 3.05) is 13.1 Å². The summed E-state index contributed by atoms with van der Waals surface area (Å²) >= 11 is 0. The first-order chi connectivity index (χ1) is 14.0. The van der Waals surface area contributed by atoms with Crippen LogP contribution in [0.1, 0.15) is 47.9 Å². The molecule has 1 aliphatic rings. The second-order valence-electron chi connectivity index (χ2n) is 7.26. The third-order valence-electron chi connectivity index (χ3n) is 5.28. The lowest BCUT2D eigenvalue weighted by Crippen LogP contribution is -2.39. The van der Waals surface area contributed by atoms with Gasteiger partial charge in [0.25, 0.3) is 5.56 Å². The fraction of sp³-hybridized carbons (Fsp3) is 0.400. The number of hydrogen-bond acceptors (Lipinski definition) is 6. The molecule has 0 bridgehead atoms. The molecule has 0 spiro atoms. The predicted molar refractivity (Wildman–Crippen MR) is 106 cm³/mol. The SMILES string of the molecule is Cc1nc2c(nnn2C2CCN(C(=O)CCC(=O)c3ccccc3)CC2)c(=O)[nH]1. The number of rotatable bonds is 5. The van der Waals surface area contributed by atoms with Crippen LogP contribution in [-0.2, 0) is 4.79 Å². The molecule has 3 heterocycles. The Morgan fingerprint density at radius 1 is 1.14 bits per heavy atom. The zero-order valence-electron chi connectivity index (χ0n) is 16.2. The van der Waals surface area contributed by atoms with Crippen LogP contribution >= 0.6 is 0 Å². The Labute approximate surface area is 166 Å². The van der Waals surface area contributed by atoms with Crippen LogP contribution in [-0.4, -0.2) is 54.6 Å². The molecular weight excluding hydrogens is 372 g/mol. The normalized spacial score (nSPS) is 15.0. The van der Waals surface area contributed by atoms with Gasteiger partial charge in [0.05, 0.1) is 6.04 Å². The van der Waals surface area contributed by atoms with Crippen molar-refractivity contribution in [3.8, 4) is 0 Å². The number of aromatic amines is 1. The summed E-state index contributed by atoms with van der Waals surface area (Å²) in [5.41, 5.74) is 1.04. The number of amides is 1. The zero-order chi connectivity index (χ0) is 20.4. The van der Waals surface area contributed by atoms with Crippen LogP contribution in [0.25, 0.3) is 11.2 Å². The molecule has 0 aliphatic carbocycles. The van der Waals surface area contributed by atoms with Crippen molar-refractivity contribution in [2.45, 2.75) is 38.6 Å². The van der Waals surface area contributed by atoms with Gasteiger partial charge in [-0.15, -0.1) is 5.10 Å². The highest BCUT2D eigenvalue weighted by molar-refractivity contribution is 5.97. The molecule has 1 saturated heterocycles. The Bertz CT molecular complexity index is 1100. The number of Topliss-reactive ketones (excluding diaryl/α,β-unsaturated/α-hetero) is 1. The number of carbonyl (C=O) groups is 2. The highest BCUT2D eigenvalue weighted by Gasteiger charge is 2.26. The molecule has 1 amide bonds. The van der Waals surface area contributed by atoms with Crippen LogP contribution < -0.4 is 5.56 Å². The van der Waals surface area contributed by atoms with E-state index in [1.54, 1.807) is 28.6 Å². The van der Waals surface area contributed by atoms with Gasteiger partial charge < -0.3 is 9.88 Å². The molecule has 0 saturated carbocycles. The number of nitrogens with one attached hydrogen (secondary N) is 1. The van der Waals surface area contributed by atoms with Crippen LogP contribution in [0, 0.1) is 6.92 Å². The second-order valence-corrected chi connectivity index (χ2v) is 7.26. The zero-order valence-corrected chi connectivity index (χ0v) is 16.2. The van der Waals surface area contributed by atoms with Gasteiger partial charge in [0, 0.05) is 31.5 Å². The first-order valence-corrected chi connectivity index (χ1v) is 9.71. The first kappa shape index (κ1) is 19.0. The Morgan fingerprint density at radius 2 is 1.86 bits per heavy atom. The van der Waals surface area contributed by atoms with Crippen molar-refractivity contribution in [1.29, 1.82) is 0 Å². The minimum Gasteiger partial charge on any atom is -0.343 e. The van der Waals surface area contributed by atoms with Crippen molar-refractivity contribution < 1.29 is 9.59 Å². The maximum absolute atomic E-state index is 12.5. The third kappa shape index (κ3) is 3.94. The third-order valence-corrected chi connectivity index (χ3v) is 5.28. The largest absolute Gasteiger partial charge is 0.343 e. The van der Waals surface area contributed by atoms with Gasteiger partial charge >= 0.3 is 0 Å². The molecule has 1 fully saturated rings. The number of aromatic nitrogens is 5. The Kier molecular flexibility index (Phi) is 5.20. The highest BCUT2D eigenvalue weighted by Crippen LogP contribution is 2.24. The van der Waals surface area contributed by atoms with E-state index in [9.17, 15) is 14.4 Å². The smallest absolute Gasteiger partial charge is 0.281 e. The number of hydrogen-bond donors (Lipinski definition) is 1. The average Bonchev–Trinajstić information content (AvgIpc) is 3.16. The number of nitrogens with zero attached hydrogens (tertiary/aromatic N) is 5. The van der Waals surface area contributed by atoms with Gasteiger partial charge in [-0.05, 0) is 19.8 Å². The van der Waals surface area contributed by atoms with Crippen molar-refractivity contribution in [1.82, 2.24) is 29.9 Å². The van der Waals surface area contributed by atoms with E-state index in [1.165, 1.54) is 0 Å². The summed E-state index contributed by atoms with van der Waals surface area (Å²) < 4.78 is 1.69. The van der Waals surface area contributed by atoms with Gasteiger partial charge in [-0.2, -0.15) is 0 Å². The van der Waals surface area contributed by atoms with Crippen molar-refractivity contribution in [3.05, 3.63) is 52.1 Å². The van der Waals surface area contributed by atoms with Gasteiger partial charge in [-0.3, -0.25) is 14.4 Å². The first-order valence-electron chi connectivity index (χ1n) is 9.71. The predicted octanol–water partition coefficient (Wildman–Crippen LogP) is 1.65. The topological polar surface area (TPSA) is 114 Å². The lowest BCUT2D eigenvalue weighted by Gasteiger charge is -2.32. The Balaban J connectivity index is 1.35. The fourth-order valence-electron chi connectivity index (χ4n) is 3.70. The van der Waals surface area contributed by atoms with E-state index in [0.717, 1.165) is 0 Å². The fourth-order valence-corrected chi connectivity index (χ4v) is 3.70. The van der Waals surface area contributed by atoms with Crippen LogP contribution in [0.2, 0.25) is 0 Å². The number of fused-ring (bicyclic) bond motifs is 1. The molecule has 0 atom stereocenters. The number of likely N-dealkylation sites (tertiary alicyclic amines) is 1. The lowest BCUT2D eigenvalue weighted by atomic mass is 10.0. The average molecular weight is 394 g/mol. The quantitative estimate of drug-likeness (QED) is 0.658. The molecule has 4 rings (SSSR count). The summed E-state index contributed by atoms with van der Waals surface area (Å²) in [7, 11) is 0. The van der Waals surface area contributed by atoms with E-state index in [4.69, 9.17) is 0 Å². The molecule has 1 N–H and O–H groups in total. The van der Waals surface area contributed by atoms with E-state index in [0.29, 0.717) is 43.0 Å². The molecule has 9 nitrogen and oxygen atoms in total. The van der Waals surface area contributed by atoms with Gasteiger partial charge in [-0.1, -0.05) is 35.5 Å². The second kappa shape index (κ2) is 7.94. The summed E-state index contributed by atoms with van der Waals surface area (Å²) in [6.45, 7) is 2.87. The van der Waals surface area contributed by atoms with Crippen molar-refractivity contribution in [2.24, 2.45) is 0 Å². The summed E-state index contributed by atoms with van der Waals surface area (Å²) in [5, 5.41) is 8.07. The monoisotopic (exact) mass is 394 g/mol. The maximum Gasteiger partial charge on any atom is 0.281 e. The number of ketones is 1. The minimum atomic E-state index is -0.297. The van der Waals surface area contributed by atoms with E-state index in [-0.39, 0.29) is 41.6 Å². The van der Waals surface area contributed by atoms with Crippen LogP contribution in [0.3, 0.4) is 0 Å². The van der Waals surface area contributed by atoms with Gasteiger partial charge in [0.2, 0.25) is 5.91 Å². The van der Waals surface area contributed by atoms with Crippen molar-refractivity contribution in [3.63, 3.8) is 0 Å². The lowest BCUT2D eigenvalue weighted by molar-refractivity contribution is -0.132. The molecule has 0 unspecified atom stereocenters. The molecule has 1 aromatic carbocycles. The van der Waals surface area contributed by atoms with Crippen LogP contribution in [0.15, 0.2) is 35.1 Å². The Hall–Kier alpha value is -3.36. The molecule has 29 heavy (non-hydrogen) atoms.